The van der Waals surface area contributed by atoms with E-state index in [1.807, 2.05) is 0 Å². The molecular weight excluding hydrogens is 394 g/mol. The molecule has 0 fully saturated rings. The maximum atomic E-state index is 14.3. The number of aromatic nitrogens is 5. The molecule has 4 rings (SSSR count). The van der Waals surface area contributed by atoms with Gasteiger partial charge in [-0.05, 0) is 46.3 Å². The zero-order valence-corrected chi connectivity index (χ0v) is 15.6. The van der Waals surface area contributed by atoms with Crippen LogP contribution < -0.4 is 5.73 Å². The van der Waals surface area contributed by atoms with Crippen LogP contribution in [-0.4, -0.2) is 38.3 Å². The van der Waals surface area contributed by atoms with Crippen LogP contribution in [0.1, 0.15) is 10.4 Å². The second kappa shape index (κ2) is 7.66. The molecule has 0 saturated carbocycles. The number of ether oxygens (including phenoxy) is 1. The minimum absolute atomic E-state index is 0.0791. The Morgan fingerprint density at radius 3 is 2.70 bits per heavy atom. The first kappa shape index (κ1) is 19.1. The number of hydrogen-bond acceptors (Lipinski definition) is 7. The number of nitrogens with two attached hydrogens (primary N) is 1. The zero-order valence-electron chi connectivity index (χ0n) is 15.6. The third-order valence-corrected chi connectivity index (χ3v) is 4.41. The van der Waals surface area contributed by atoms with Crippen LogP contribution >= 0.6 is 0 Å². The molecule has 0 saturated heterocycles. The first-order chi connectivity index (χ1) is 14.5. The summed E-state index contributed by atoms with van der Waals surface area (Å²) in [7, 11) is 1.29. The number of esters is 1. The number of halogens is 2. The topological polar surface area (TPSA) is 109 Å². The highest BCUT2D eigenvalue weighted by molar-refractivity contribution is 5.91. The Morgan fingerprint density at radius 2 is 1.90 bits per heavy atom. The Balaban J connectivity index is 1.83. The van der Waals surface area contributed by atoms with Crippen molar-refractivity contribution in [3.63, 3.8) is 0 Å². The molecule has 0 aliphatic heterocycles. The largest absolute Gasteiger partial charge is 0.465 e. The van der Waals surface area contributed by atoms with Crippen LogP contribution in [0, 0.1) is 11.6 Å². The fourth-order valence-corrected chi connectivity index (χ4v) is 2.93. The van der Waals surface area contributed by atoms with Gasteiger partial charge >= 0.3 is 5.97 Å². The van der Waals surface area contributed by atoms with Crippen LogP contribution in [0.2, 0.25) is 0 Å². The number of hydrogen-bond donors (Lipinski definition) is 1. The van der Waals surface area contributed by atoms with E-state index in [0.717, 1.165) is 10.7 Å². The van der Waals surface area contributed by atoms with Gasteiger partial charge in [0.15, 0.2) is 17.5 Å². The van der Waals surface area contributed by atoms with Gasteiger partial charge in [-0.1, -0.05) is 18.2 Å². The Labute approximate surface area is 168 Å². The van der Waals surface area contributed by atoms with E-state index in [0.29, 0.717) is 22.3 Å². The normalized spacial score (nSPS) is 10.8. The summed E-state index contributed by atoms with van der Waals surface area (Å²) in [6.45, 7) is 0. The molecule has 0 aliphatic rings. The predicted octanol–water partition coefficient (Wildman–Crippen LogP) is 3.04. The van der Waals surface area contributed by atoms with Crippen molar-refractivity contribution in [1.82, 2.24) is 25.2 Å². The van der Waals surface area contributed by atoms with Gasteiger partial charge in [-0.2, -0.15) is 4.68 Å². The number of nitrogen functional groups attached to an aromatic ring is 1. The van der Waals surface area contributed by atoms with E-state index in [1.54, 1.807) is 30.3 Å². The molecule has 0 bridgehead atoms. The summed E-state index contributed by atoms with van der Waals surface area (Å²) >= 11 is 0. The second-order valence-electron chi connectivity index (χ2n) is 6.22. The predicted molar refractivity (Wildman–Crippen MR) is 103 cm³/mol. The van der Waals surface area contributed by atoms with E-state index in [9.17, 15) is 13.6 Å². The molecule has 0 spiro atoms. The summed E-state index contributed by atoms with van der Waals surface area (Å²) in [4.78, 5) is 16.0. The molecule has 2 N–H and O–H groups in total. The van der Waals surface area contributed by atoms with Crippen LogP contribution in [0.25, 0.3) is 28.2 Å². The number of rotatable bonds is 4. The molecule has 150 valence electrons. The summed E-state index contributed by atoms with van der Waals surface area (Å²) in [5, 5.41) is 11.2. The number of carbonyl (C=O) groups is 1. The monoisotopic (exact) mass is 408 g/mol. The standard InChI is InChI=1S/C20H14F2N6O2/c1-30-20(29)12-5-2-4-11(8-12)13-9-14(18(23)24-10-13)19-25-26-27-28(19)16-7-3-6-15(21)17(16)22/h2-10H,1H3,(H2,23,24). The van der Waals surface area contributed by atoms with E-state index in [2.05, 4.69) is 20.5 Å². The summed E-state index contributed by atoms with van der Waals surface area (Å²) in [6.07, 6.45) is 1.52. The number of tetrazole rings is 1. The van der Waals surface area contributed by atoms with Crippen LogP contribution in [0.5, 0.6) is 0 Å². The maximum Gasteiger partial charge on any atom is 0.337 e. The molecule has 30 heavy (non-hydrogen) atoms. The molecule has 4 aromatic rings. The fourth-order valence-electron chi connectivity index (χ4n) is 2.93. The van der Waals surface area contributed by atoms with Crippen LogP contribution in [-0.2, 0) is 4.74 Å². The number of anilines is 1. The Morgan fingerprint density at radius 1 is 1.10 bits per heavy atom. The van der Waals surface area contributed by atoms with Crippen molar-refractivity contribution in [2.75, 3.05) is 12.8 Å². The number of carbonyl (C=O) groups excluding carboxylic acids is 1. The lowest BCUT2D eigenvalue weighted by molar-refractivity contribution is 0.0601. The van der Waals surface area contributed by atoms with E-state index in [4.69, 9.17) is 10.5 Å². The van der Waals surface area contributed by atoms with Gasteiger partial charge in [-0.3, -0.25) is 0 Å². The minimum Gasteiger partial charge on any atom is -0.465 e. The second-order valence-corrected chi connectivity index (χ2v) is 6.22. The Kier molecular flexibility index (Phi) is 4.88. The van der Waals surface area contributed by atoms with Crippen molar-refractivity contribution >= 4 is 11.8 Å². The Bertz CT molecular complexity index is 1260. The van der Waals surface area contributed by atoms with Gasteiger partial charge in [0, 0.05) is 11.8 Å². The molecule has 2 aromatic carbocycles. The number of methoxy groups -OCH3 is 1. The van der Waals surface area contributed by atoms with Crippen LogP contribution in [0.4, 0.5) is 14.6 Å². The molecule has 0 unspecified atom stereocenters. The van der Waals surface area contributed by atoms with Gasteiger partial charge in [0.1, 0.15) is 11.5 Å². The highest BCUT2D eigenvalue weighted by Gasteiger charge is 2.19. The van der Waals surface area contributed by atoms with E-state index in [1.165, 1.54) is 25.4 Å². The van der Waals surface area contributed by atoms with Crippen LogP contribution in [0.15, 0.2) is 54.7 Å². The fraction of sp³-hybridized carbons (Fsp3) is 0.0500. The van der Waals surface area contributed by atoms with E-state index < -0.39 is 17.6 Å². The van der Waals surface area contributed by atoms with Gasteiger partial charge in [0.25, 0.3) is 0 Å². The molecule has 2 aromatic heterocycles. The van der Waals surface area contributed by atoms with Crippen molar-refractivity contribution in [2.24, 2.45) is 0 Å². The molecule has 8 nitrogen and oxygen atoms in total. The molecule has 0 aliphatic carbocycles. The quantitative estimate of drug-likeness (QED) is 0.517. The van der Waals surface area contributed by atoms with Crippen molar-refractivity contribution in [2.45, 2.75) is 0 Å². The average molecular weight is 408 g/mol. The first-order valence-corrected chi connectivity index (χ1v) is 8.67. The molecule has 0 radical (unpaired) electrons. The van der Waals surface area contributed by atoms with Gasteiger partial charge in [-0.15, -0.1) is 5.10 Å². The highest BCUT2D eigenvalue weighted by atomic mass is 19.2. The van der Waals surface area contributed by atoms with Crippen molar-refractivity contribution < 1.29 is 18.3 Å². The summed E-state index contributed by atoms with van der Waals surface area (Å²) in [5.74, 6) is -2.44. The van der Waals surface area contributed by atoms with Crippen LogP contribution in [0.3, 0.4) is 0 Å². The SMILES string of the molecule is COC(=O)c1cccc(-c2cnc(N)c(-c3nnnn3-c3cccc(F)c3F)c2)c1. The van der Waals surface area contributed by atoms with Gasteiger partial charge in [0.05, 0.1) is 18.2 Å². The van der Waals surface area contributed by atoms with E-state index >= 15 is 0 Å². The number of benzene rings is 2. The smallest absolute Gasteiger partial charge is 0.337 e. The molecule has 0 atom stereocenters. The highest BCUT2D eigenvalue weighted by Crippen LogP contribution is 2.30. The lowest BCUT2D eigenvalue weighted by atomic mass is 10.0. The van der Waals surface area contributed by atoms with Gasteiger partial charge in [-0.25, -0.2) is 18.6 Å². The van der Waals surface area contributed by atoms with Gasteiger partial charge < -0.3 is 10.5 Å². The summed E-state index contributed by atoms with van der Waals surface area (Å²) in [6, 6.07) is 12.1. The first-order valence-electron chi connectivity index (χ1n) is 8.67. The minimum atomic E-state index is -1.10. The van der Waals surface area contributed by atoms with Gasteiger partial charge in [0.2, 0.25) is 0 Å². The maximum absolute atomic E-state index is 14.3. The average Bonchev–Trinajstić information content (AvgIpc) is 3.25. The third kappa shape index (κ3) is 3.34. The van der Waals surface area contributed by atoms with Crippen molar-refractivity contribution in [1.29, 1.82) is 0 Å². The summed E-state index contributed by atoms with van der Waals surface area (Å²) in [5.41, 5.74) is 7.79. The molecule has 10 heteroatoms. The molecule has 0 amide bonds. The van der Waals surface area contributed by atoms with E-state index in [-0.39, 0.29) is 17.3 Å². The number of nitrogens with zero attached hydrogens (tertiary/aromatic N) is 5. The third-order valence-electron chi connectivity index (χ3n) is 4.41. The number of pyridine rings is 1. The lowest BCUT2D eigenvalue weighted by Crippen LogP contribution is -2.06. The lowest BCUT2D eigenvalue weighted by Gasteiger charge is -2.10. The van der Waals surface area contributed by atoms with Crippen molar-refractivity contribution in [3.05, 3.63) is 71.9 Å². The van der Waals surface area contributed by atoms with Crippen molar-refractivity contribution in [3.8, 4) is 28.2 Å². The molecular formula is C20H14F2N6O2. The zero-order chi connectivity index (χ0) is 21.3. The molecule has 2 heterocycles. The summed E-state index contributed by atoms with van der Waals surface area (Å²) < 4.78 is 33.7. The Hall–Kier alpha value is -4.21.